The number of allylic oxidation sites excluding steroid dienone is 14. The van der Waals surface area contributed by atoms with Gasteiger partial charge >= 0.3 is 7.82 Å². The van der Waals surface area contributed by atoms with Gasteiger partial charge in [0, 0.05) is 6.42 Å². The number of carbonyl (C=O) groups is 1. The van der Waals surface area contributed by atoms with Crippen LogP contribution in [0.3, 0.4) is 0 Å². The standard InChI is InChI=1S/C63H115N2O7P/c1-6-8-10-12-14-16-18-20-21-22-23-24-25-26-27-28-29-30-31-32-33-34-35-36-37-38-39-40-41-42-43-44-46-48-50-52-54-56-62(67)64-60(59-72-73(69,70)71-58-57-65(3,4)5)63(68)61(66)55-53-51-49-47-45-19-17-15-13-11-9-7-2/h8,10,14,16,20-21,23-24,26-27,29-30,32-33,60-61,63,66,68H,6-7,9,11-13,15,17-19,22,25,28,31,34-59H2,1-5H3,(H-,64,67,69,70)/p+1/b10-8-,16-14-,21-20-,24-23-,27-26-,30-29-,33-32-. The second kappa shape index (κ2) is 53.1. The number of phosphoric ester groups is 1. The van der Waals surface area contributed by atoms with Gasteiger partial charge in [-0.3, -0.25) is 13.8 Å². The van der Waals surface area contributed by atoms with Crippen molar-refractivity contribution in [3.63, 3.8) is 0 Å². The maximum absolute atomic E-state index is 13.0. The lowest BCUT2D eigenvalue weighted by Gasteiger charge is -2.28. The molecule has 0 aliphatic rings. The Bertz CT molecular complexity index is 1480. The molecular formula is C63H116N2O7P+. The summed E-state index contributed by atoms with van der Waals surface area (Å²) in [6, 6.07) is -1.04. The number of aliphatic hydroxyl groups is 2. The monoisotopic (exact) mass is 1040 g/mol. The van der Waals surface area contributed by atoms with Crippen molar-refractivity contribution < 1.29 is 38.0 Å². The van der Waals surface area contributed by atoms with E-state index in [4.69, 9.17) is 9.05 Å². The fourth-order valence-corrected chi connectivity index (χ4v) is 9.27. The third-order valence-corrected chi connectivity index (χ3v) is 14.2. The average Bonchev–Trinajstić information content (AvgIpc) is 3.35. The van der Waals surface area contributed by atoms with Crippen LogP contribution in [0.15, 0.2) is 85.1 Å². The molecule has 0 bridgehead atoms. The molecule has 9 nitrogen and oxygen atoms in total. The van der Waals surface area contributed by atoms with Crippen LogP contribution in [0.1, 0.15) is 251 Å². The van der Waals surface area contributed by atoms with Crippen LogP contribution >= 0.6 is 7.82 Å². The smallest absolute Gasteiger partial charge is 0.390 e. The Hall–Kier alpha value is -2.36. The molecule has 0 saturated carbocycles. The van der Waals surface area contributed by atoms with E-state index in [0.717, 1.165) is 83.5 Å². The molecule has 0 aromatic carbocycles. The van der Waals surface area contributed by atoms with Gasteiger partial charge in [0.2, 0.25) is 5.91 Å². The number of likely N-dealkylation sites (N-methyl/N-ethyl adjacent to an activating group) is 1. The zero-order valence-corrected chi connectivity index (χ0v) is 48.9. The molecule has 0 aromatic heterocycles. The van der Waals surface area contributed by atoms with E-state index in [1.165, 1.54) is 141 Å². The number of phosphoric acid groups is 1. The summed E-state index contributed by atoms with van der Waals surface area (Å²) in [6.45, 7) is 4.49. The van der Waals surface area contributed by atoms with Crippen molar-refractivity contribution in [2.24, 2.45) is 0 Å². The molecular weight excluding hydrogens is 928 g/mol. The number of nitrogens with zero attached hydrogens (tertiary/aromatic N) is 1. The molecule has 10 heteroatoms. The third kappa shape index (κ3) is 54.2. The van der Waals surface area contributed by atoms with Crippen LogP contribution < -0.4 is 5.32 Å². The summed E-state index contributed by atoms with van der Waals surface area (Å²) in [6.07, 6.45) is 71.1. The van der Waals surface area contributed by atoms with Gasteiger partial charge in [-0.05, 0) is 70.6 Å². The van der Waals surface area contributed by atoms with Gasteiger partial charge in [-0.25, -0.2) is 4.57 Å². The van der Waals surface area contributed by atoms with Gasteiger partial charge in [-0.2, -0.15) is 0 Å². The van der Waals surface area contributed by atoms with Gasteiger partial charge in [0.15, 0.2) is 0 Å². The zero-order valence-electron chi connectivity index (χ0n) is 48.0. The molecule has 73 heavy (non-hydrogen) atoms. The van der Waals surface area contributed by atoms with Crippen LogP contribution in [0.5, 0.6) is 0 Å². The first-order valence-electron chi connectivity index (χ1n) is 30.0. The van der Waals surface area contributed by atoms with Crippen LogP contribution in [-0.2, 0) is 18.4 Å². The second-order valence-electron chi connectivity index (χ2n) is 21.5. The van der Waals surface area contributed by atoms with Gasteiger partial charge in [0.1, 0.15) is 19.3 Å². The Morgan fingerprint density at radius 3 is 1.25 bits per heavy atom. The maximum atomic E-state index is 13.0. The van der Waals surface area contributed by atoms with Crippen molar-refractivity contribution >= 4 is 13.7 Å². The van der Waals surface area contributed by atoms with E-state index in [0.29, 0.717) is 17.4 Å². The normalized spacial score (nSPS) is 14.9. The fourth-order valence-electron chi connectivity index (χ4n) is 8.54. The minimum absolute atomic E-state index is 0.0199. The SMILES string of the molecule is CC/C=C\C/C=C\C/C=C\C/C=C\C/C=C\C/C=C\C/C=C\CCCCCCCCCCCCCCCCCC(=O)NC(COP(=O)(O)OCC[N+](C)(C)C)C(O)C(O)CCCCCCCCCCCCCC. The fraction of sp³-hybridized carbons (Fsp3) is 0.762. The van der Waals surface area contributed by atoms with Gasteiger partial charge < -0.3 is 24.9 Å². The molecule has 0 aromatic rings. The number of aliphatic hydroxyl groups excluding tert-OH is 2. The molecule has 0 saturated heterocycles. The summed E-state index contributed by atoms with van der Waals surface area (Å²) in [4.78, 5) is 23.3. The van der Waals surface area contributed by atoms with Gasteiger partial charge in [0.25, 0.3) is 0 Å². The highest BCUT2D eigenvalue weighted by molar-refractivity contribution is 7.47. The minimum Gasteiger partial charge on any atom is -0.390 e. The lowest BCUT2D eigenvalue weighted by atomic mass is 9.99. The van der Waals surface area contributed by atoms with Crippen molar-refractivity contribution in [2.45, 2.75) is 270 Å². The number of hydrogen-bond donors (Lipinski definition) is 4. The first-order valence-corrected chi connectivity index (χ1v) is 31.5. The highest BCUT2D eigenvalue weighted by Gasteiger charge is 2.32. The summed E-state index contributed by atoms with van der Waals surface area (Å²) >= 11 is 0. The van der Waals surface area contributed by atoms with E-state index >= 15 is 0 Å². The van der Waals surface area contributed by atoms with Crippen molar-refractivity contribution in [1.82, 2.24) is 5.32 Å². The first kappa shape index (κ1) is 70.6. The molecule has 0 aliphatic heterocycles. The number of quaternary nitrogens is 1. The highest BCUT2D eigenvalue weighted by Crippen LogP contribution is 2.43. The molecule has 0 fully saturated rings. The first-order chi connectivity index (χ1) is 35.4. The molecule has 4 N–H and O–H groups in total. The number of nitrogens with one attached hydrogen (secondary N) is 1. The summed E-state index contributed by atoms with van der Waals surface area (Å²) in [7, 11) is 1.43. The molecule has 1 amide bonds. The van der Waals surface area contributed by atoms with Crippen LogP contribution in [-0.4, -0.2) is 84.6 Å². The molecule has 0 rings (SSSR count). The van der Waals surface area contributed by atoms with Crippen molar-refractivity contribution in [1.29, 1.82) is 0 Å². The van der Waals surface area contributed by atoms with E-state index in [9.17, 15) is 24.5 Å². The van der Waals surface area contributed by atoms with Crippen LogP contribution in [0.25, 0.3) is 0 Å². The topological polar surface area (TPSA) is 125 Å². The highest BCUT2D eigenvalue weighted by atomic mass is 31.2. The summed E-state index contributed by atoms with van der Waals surface area (Å²) in [5.74, 6) is -0.260. The van der Waals surface area contributed by atoms with E-state index < -0.39 is 32.7 Å². The Labute approximate surface area is 450 Å². The van der Waals surface area contributed by atoms with Crippen molar-refractivity contribution in [3.05, 3.63) is 85.1 Å². The van der Waals surface area contributed by atoms with Gasteiger partial charge in [0.05, 0.1) is 39.9 Å². The molecule has 0 aliphatic carbocycles. The Morgan fingerprint density at radius 1 is 0.493 bits per heavy atom. The molecule has 4 atom stereocenters. The zero-order chi connectivity index (χ0) is 53.6. The largest absolute Gasteiger partial charge is 0.472 e. The van der Waals surface area contributed by atoms with E-state index in [2.05, 4.69) is 104 Å². The molecule has 0 heterocycles. The van der Waals surface area contributed by atoms with E-state index in [1.807, 2.05) is 21.1 Å². The molecule has 0 spiro atoms. The minimum atomic E-state index is -4.42. The summed E-state index contributed by atoms with van der Waals surface area (Å²) < 4.78 is 23.6. The van der Waals surface area contributed by atoms with E-state index in [1.54, 1.807) is 0 Å². The molecule has 0 radical (unpaired) electrons. The van der Waals surface area contributed by atoms with Gasteiger partial charge in [-0.15, -0.1) is 0 Å². The average molecular weight is 1040 g/mol. The number of hydrogen-bond acceptors (Lipinski definition) is 6. The number of rotatable bonds is 54. The lowest BCUT2D eigenvalue weighted by molar-refractivity contribution is -0.870. The quantitative estimate of drug-likeness (QED) is 0.0207. The van der Waals surface area contributed by atoms with Crippen LogP contribution in [0.4, 0.5) is 0 Å². The predicted octanol–water partition coefficient (Wildman–Crippen LogP) is 17.4. The summed E-state index contributed by atoms with van der Waals surface area (Å²) in [5, 5.41) is 24.8. The van der Waals surface area contributed by atoms with Crippen LogP contribution in [0, 0.1) is 0 Å². The Kier molecular flexibility index (Phi) is 51.3. The van der Waals surface area contributed by atoms with Gasteiger partial charge in [-0.1, -0.05) is 259 Å². The van der Waals surface area contributed by atoms with Crippen LogP contribution in [0.2, 0.25) is 0 Å². The number of carbonyl (C=O) groups excluding carboxylic acids is 1. The maximum Gasteiger partial charge on any atom is 0.472 e. The lowest BCUT2D eigenvalue weighted by Crippen LogP contribution is -2.51. The van der Waals surface area contributed by atoms with E-state index in [-0.39, 0.29) is 18.9 Å². The Balaban J connectivity index is 4.07. The molecule has 4 unspecified atom stereocenters. The Morgan fingerprint density at radius 2 is 0.849 bits per heavy atom. The second-order valence-corrected chi connectivity index (χ2v) is 22.9. The van der Waals surface area contributed by atoms with Crippen molar-refractivity contribution in [3.8, 4) is 0 Å². The van der Waals surface area contributed by atoms with Crippen molar-refractivity contribution in [2.75, 3.05) is 40.9 Å². The molecule has 424 valence electrons. The number of unbranched alkanes of at least 4 members (excludes halogenated alkanes) is 26. The summed E-state index contributed by atoms with van der Waals surface area (Å²) in [5.41, 5.74) is 0. The number of amides is 1. The predicted molar refractivity (Wildman–Crippen MR) is 315 cm³/mol. The third-order valence-electron chi connectivity index (χ3n) is 13.3.